The molecule has 0 unspecified atom stereocenters. The first-order valence-electron chi connectivity index (χ1n) is 9.30. The van der Waals surface area contributed by atoms with E-state index in [1.54, 1.807) is 40.8 Å². The molecule has 3 aromatic rings. The molecule has 0 aliphatic carbocycles. The van der Waals surface area contributed by atoms with Crippen molar-refractivity contribution in [3.05, 3.63) is 52.8 Å². The highest BCUT2D eigenvalue weighted by atomic mass is 79.9. The van der Waals surface area contributed by atoms with Crippen molar-refractivity contribution in [1.29, 1.82) is 0 Å². The Morgan fingerprint density at radius 2 is 1.93 bits per heavy atom. The Balaban J connectivity index is 1.65. The largest absolute Gasteiger partial charge is 0.444 e. The number of alkyl carbamates (subject to hydrolysis) is 1. The molecule has 0 atom stereocenters. The van der Waals surface area contributed by atoms with E-state index in [1.165, 1.54) is 11.8 Å². The number of nitrogens with zero attached hydrogens (tertiary/aromatic N) is 4. The molecule has 160 valence electrons. The van der Waals surface area contributed by atoms with Crippen LogP contribution in [0.5, 0.6) is 0 Å². The lowest BCUT2D eigenvalue weighted by Gasteiger charge is -2.26. The van der Waals surface area contributed by atoms with Crippen molar-refractivity contribution in [3.8, 4) is 5.69 Å². The highest BCUT2D eigenvalue weighted by Gasteiger charge is 2.31. The van der Waals surface area contributed by atoms with Crippen LogP contribution in [0.3, 0.4) is 0 Å². The first kappa shape index (κ1) is 22.4. The van der Waals surface area contributed by atoms with Crippen LogP contribution in [-0.2, 0) is 16.0 Å². The van der Waals surface area contributed by atoms with Gasteiger partial charge < -0.3 is 14.6 Å². The second-order valence-electron chi connectivity index (χ2n) is 8.11. The molecule has 1 N–H and O–H groups in total. The van der Waals surface area contributed by atoms with Gasteiger partial charge in [-0.2, -0.15) is 4.98 Å². The van der Waals surface area contributed by atoms with Crippen LogP contribution in [0.1, 0.15) is 46.3 Å². The second-order valence-corrected chi connectivity index (χ2v) is 9.97. The minimum Gasteiger partial charge on any atom is -0.444 e. The molecule has 0 spiro atoms. The van der Waals surface area contributed by atoms with Crippen molar-refractivity contribution < 1.29 is 14.1 Å². The lowest BCUT2D eigenvalue weighted by atomic mass is 10.1. The number of amides is 1. The predicted molar refractivity (Wildman–Crippen MR) is 118 cm³/mol. The fourth-order valence-corrected chi connectivity index (χ4v) is 3.58. The summed E-state index contributed by atoms with van der Waals surface area (Å²) < 4.78 is 13.7. The Morgan fingerprint density at radius 1 is 1.23 bits per heavy atom. The van der Waals surface area contributed by atoms with Gasteiger partial charge in [-0.05, 0) is 58.9 Å². The molecule has 1 amide bonds. The van der Waals surface area contributed by atoms with Crippen molar-refractivity contribution in [3.63, 3.8) is 0 Å². The minimum absolute atomic E-state index is 0.375. The third kappa shape index (κ3) is 5.85. The molecule has 0 bridgehead atoms. The Labute approximate surface area is 187 Å². The Hall–Kier alpha value is -2.33. The number of benzene rings is 1. The van der Waals surface area contributed by atoms with Crippen molar-refractivity contribution in [1.82, 2.24) is 25.0 Å². The maximum atomic E-state index is 12.1. The summed E-state index contributed by atoms with van der Waals surface area (Å²) in [7, 11) is 0. The van der Waals surface area contributed by atoms with E-state index in [1.807, 2.05) is 35.0 Å². The minimum atomic E-state index is -0.843. The number of hydrogen-bond donors (Lipinski definition) is 1. The lowest BCUT2D eigenvalue weighted by Crippen LogP contribution is -2.44. The molecule has 3 rings (SSSR count). The topological polar surface area (TPSA) is 95.1 Å². The molecule has 0 aliphatic rings. The van der Waals surface area contributed by atoms with Crippen molar-refractivity contribution in [2.45, 2.75) is 56.7 Å². The van der Waals surface area contributed by atoms with Crippen LogP contribution in [0, 0.1) is 0 Å². The fraction of sp³-hybridized carbons (Fsp3) is 0.400. The van der Waals surface area contributed by atoms with E-state index in [2.05, 4.69) is 36.4 Å². The maximum absolute atomic E-state index is 12.1. The molecule has 8 nitrogen and oxygen atoms in total. The normalized spacial score (nSPS) is 12.1. The quantitative estimate of drug-likeness (QED) is 0.478. The molecule has 2 aromatic heterocycles. The van der Waals surface area contributed by atoms with Gasteiger partial charge in [0.1, 0.15) is 11.1 Å². The summed E-state index contributed by atoms with van der Waals surface area (Å²) in [5.74, 6) is 1.27. The summed E-state index contributed by atoms with van der Waals surface area (Å²) in [6.07, 6.45) is 3.11. The lowest BCUT2D eigenvalue weighted by molar-refractivity contribution is 0.0465. The van der Waals surface area contributed by atoms with Crippen molar-refractivity contribution in [2.24, 2.45) is 0 Å². The first-order chi connectivity index (χ1) is 14.0. The van der Waals surface area contributed by atoms with Crippen LogP contribution in [0.15, 0.2) is 50.8 Å². The number of aromatic nitrogens is 4. The molecule has 0 saturated heterocycles. The third-order valence-electron chi connectivity index (χ3n) is 3.88. The first-order valence-corrected chi connectivity index (χ1v) is 11.1. The van der Waals surface area contributed by atoms with Gasteiger partial charge in [-0.25, -0.2) is 9.78 Å². The number of carbonyl (C=O) groups excluding carboxylic acids is 1. The van der Waals surface area contributed by atoms with Gasteiger partial charge in [0.25, 0.3) is 0 Å². The van der Waals surface area contributed by atoms with Gasteiger partial charge >= 0.3 is 6.09 Å². The zero-order chi connectivity index (χ0) is 21.9. The number of nitrogens with one attached hydrogen (secondary N) is 1. The Kier molecular flexibility index (Phi) is 6.56. The maximum Gasteiger partial charge on any atom is 0.408 e. The van der Waals surface area contributed by atoms with Gasteiger partial charge in [0.2, 0.25) is 5.89 Å². The van der Waals surface area contributed by atoms with Crippen molar-refractivity contribution in [2.75, 3.05) is 0 Å². The molecular formula is C20H24BrN5O3S. The van der Waals surface area contributed by atoms with E-state index in [0.717, 1.165) is 15.3 Å². The van der Waals surface area contributed by atoms with Crippen LogP contribution in [0.4, 0.5) is 4.79 Å². The van der Waals surface area contributed by atoms with Gasteiger partial charge in [0, 0.05) is 22.6 Å². The number of hydrogen-bond acceptors (Lipinski definition) is 7. The summed E-state index contributed by atoms with van der Waals surface area (Å²) in [5.41, 5.74) is -0.423. The molecule has 0 fully saturated rings. The van der Waals surface area contributed by atoms with Gasteiger partial charge in [0.05, 0.1) is 5.75 Å². The Morgan fingerprint density at radius 3 is 2.60 bits per heavy atom. The number of carbonyl (C=O) groups is 1. The van der Waals surface area contributed by atoms with Crippen LogP contribution >= 0.6 is 27.7 Å². The molecule has 10 heteroatoms. The number of imidazole rings is 1. The van der Waals surface area contributed by atoms with Crippen LogP contribution in [0.2, 0.25) is 0 Å². The predicted octanol–water partition coefficient (Wildman–Crippen LogP) is 5.07. The smallest absolute Gasteiger partial charge is 0.408 e. The Bertz CT molecular complexity index is 1010. The highest BCUT2D eigenvalue weighted by molar-refractivity contribution is 9.10. The number of halogens is 1. The van der Waals surface area contributed by atoms with Crippen LogP contribution in [-0.4, -0.2) is 31.4 Å². The summed E-state index contributed by atoms with van der Waals surface area (Å²) in [6.45, 7) is 9.00. The van der Waals surface area contributed by atoms with E-state index < -0.39 is 17.2 Å². The van der Waals surface area contributed by atoms with Gasteiger partial charge in [-0.3, -0.25) is 4.57 Å². The number of rotatable bonds is 6. The van der Waals surface area contributed by atoms with Crippen molar-refractivity contribution >= 4 is 33.8 Å². The van der Waals surface area contributed by atoms with Gasteiger partial charge in [0.15, 0.2) is 11.0 Å². The average Bonchev–Trinajstić information content (AvgIpc) is 3.28. The molecule has 0 aliphatic heterocycles. The van der Waals surface area contributed by atoms with Gasteiger partial charge in [-0.15, -0.1) is 0 Å². The highest BCUT2D eigenvalue weighted by Crippen LogP contribution is 2.26. The second kappa shape index (κ2) is 8.81. The summed E-state index contributed by atoms with van der Waals surface area (Å²) >= 11 is 4.93. The van der Waals surface area contributed by atoms with E-state index in [4.69, 9.17) is 9.26 Å². The summed E-state index contributed by atoms with van der Waals surface area (Å²) in [6, 6.07) is 7.97. The molecule has 30 heavy (non-hydrogen) atoms. The van der Waals surface area contributed by atoms with E-state index in [-0.39, 0.29) is 0 Å². The molecule has 1 aromatic carbocycles. The standard InChI is InChI=1S/C20H24BrN5O3S/c1-19(2,3)28-18(27)24-20(4,5)16-23-15(29-25-16)12-30-17-22-10-11-26(17)14-8-6-13(21)7-9-14/h6-11H,12H2,1-5H3,(H,24,27). The van der Waals surface area contributed by atoms with Crippen LogP contribution < -0.4 is 5.32 Å². The average molecular weight is 494 g/mol. The third-order valence-corrected chi connectivity index (χ3v) is 5.36. The molecule has 2 heterocycles. The van der Waals surface area contributed by atoms with Gasteiger partial charge in [-0.1, -0.05) is 32.8 Å². The van der Waals surface area contributed by atoms with Crippen LogP contribution in [0.25, 0.3) is 5.69 Å². The fourth-order valence-electron chi connectivity index (χ4n) is 2.50. The van der Waals surface area contributed by atoms with E-state index in [9.17, 15) is 4.79 Å². The number of thioether (sulfide) groups is 1. The zero-order valence-electron chi connectivity index (χ0n) is 17.5. The monoisotopic (exact) mass is 493 g/mol. The number of ether oxygens (including phenoxy) is 1. The summed E-state index contributed by atoms with van der Waals surface area (Å²) in [4.78, 5) is 20.9. The summed E-state index contributed by atoms with van der Waals surface area (Å²) in [5, 5.41) is 7.61. The zero-order valence-corrected chi connectivity index (χ0v) is 19.9. The molecule has 0 radical (unpaired) electrons. The molecular weight excluding hydrogens is 470 g/mol. The van der Waals surface area contributed by atoms with E-state index >= 15 is 0 Å². The van der Waals surface area contributed by atoms with E-state index in [0.29, 0.717) is 17.5 Å². The molecule has 0 saturated carbocycles. The SMILES string of the molecule is CC(C)(C)OC(=O)NC(C)(C)c1noc(CSc2nccn2-c2ccc(Br)cc2)n1.